The zero-order valence-electron chi connectivity index (χ0n) is 10.9. The highest BCUT2D eigenvalue weighted by Gasteiger charge is 2.50. The van der Waals surface area contributed by atoms with E-state index in [0.29, 0.717) is 24.2 Å². The number of rotatable bonds is 6. The first kappa shape index (κ1) is 13.9. The van der Waals surface area contributed by atoms with Gasteiger partial charge in [-0.2, -0.15) is 0 Å². The highest BCUT2D eigenvalue weighted by atomic mass is 16.5. The van der Waals surface area contributed by atoms with Crippen LogP contribution in [0.1, 0.15) is 23.2 Å². The summed E-state index contributed by atoms with van der Waals surface area (Å²) >= 11 is 0. The van der Waals surface area contributed by atoms with Gasteiger partial charge in [-0.15, -0.1) is 6.42 Å². The largest absolute Gasteiger partial charge is 0.481 e. The molecule has 20 heavy (non-hydrogen) atoms. The summed E-state index contributed by atoms with van der Waals surface area (Å²) in [5.41, 5.74) is -0.301. The van der Waals surface area contributed by atoms with Crippen LogP contribution in [0.3, 0.4) is 0 Å². The number of hydrogen-bond donors (Lipinski definition) is 2. The molecule has 2 rings (SSSR count). The van der Waals surface area contributed by atoms with Gasteiger partial charge in [0.2, 0.25) is 0 Å². The number of carboxylic acids is 1. The molecular weight excluding hydrogens is 258 g/mol. The molecule has 0 aromatic heterocycles. The molecule has 1 aromatic carbocycles. The smallest absolute Gasteiger partial charge is 0.311 e. The lowest BCUT2D eigenvalue weighted by Crippen LogP contribution is -2.34. The highest BCUT2D eigenvalue weighted by molar-refractivity contribution is 5.94. The van der Waals surface area contributed by atoms with Gasteiger partial charge in [0, 0.05) is 12.1 Å². The van der Waals surface area contributed by atoms with Gasteiger partial charge >= 0.3 is 5.97 Å². The topological polar surface area (TPSA) is 75.6 Å². The maximum Gasteiger partial charge on any atom is 0.311 e. The number of aliphatic carboxylic acids is 1. The molecule has 1 aliphatic rings. The van der Waals surface area contributed by atoms with Crippen LogP contribution < -0.4 is 10.1 Å². The summed E-state index contributed by atoms with van der Waals surface area (Å²) in [6, 6.07) is 6.52. The summed E-state index contributed by atoms with van der Waals surface area (Å²) in [5.74, 6) is 1.80. The summed E-state index contributed by atoms with van der Waals surface area (Å²) in [6.45, 7) is 0.336. The molecule has 0 aliphatic heterocycles. The van der Waals surface area contributed by atoms with Gasteiger partial charge in [-0.05, 0) is 37.1 Å². The number of terminal acetylenes is 1. The first-order chi connectivity index (χ1) is 9.57. The minimum Gasteiger partial charge on any atom is -0.481 e. The van der Waals surface area contributed by atoms with Crippen LogP contribution >= 0.6 is 0 Å². The summed E-state index contributed by atoms with van der Waals surface area (Å²) < 4.78 is 5.20. The Hall–Kier alpha value is -2.48. The second-order valence-corrected chi connectivity index (χ2v) is 4.79. The van der Waals surface area contributed by atoms with E-state index < -0.39 is 11.4 Å². The molecule has 0 saturated heterocycles. The number of nitrogens with one attached hydrogen (secondary N) is 1. The van der Waals surface area contributed by atoms with Crippen molar-refractivity contribution in [2.45, 2.75) is 12.8 Å². The Labute approximate surface area is 116 Å². The van der Waals surface area contributed by atoms with Gasteiger partial charge in [0.25, 0.3) is 5.91 Å². The van der Waals surface area contributed by atoms with Crippen molar-refractivity contribution in [1.29, 1.82) is 0 Å². The monoisotopic (exact) mass is 273 g/mol. The van der Waals surface area contributed by atoms with E-state index in [1.165, 1.54) is 0 Å². The van der Waals surface area contributed by atoms with Crippen molar-refractivity contribution in [3.05, 3.63) is 29.8 Å². The fraction of sp³-hybridized carbons (Fsp3) is 0.333. The molecule has 0 spiro atoms. The number of benzene rings is 1. The zero-order valence-corrected chi connectivity index (χ0v) is 10.9. The number of carbonyl (C=O) groups is 2. The molecule has 1 saturated carbocycles. The Bertz CT molecular complexity index is 552. The fourth-order valence-corrected chi connectivity index (χ4v) is 1.80. The van der Waals surface area contributed by atoms with Gasteiger partial charge < -0.3 is 15.2 Å². The normalized spacial score (nSPS) is 14.9. The number of amides is 1. The minimum atomic E-state index is -0.851. The predicted octanol–water partition coefficient (Wildman–Crippen LogP) is 1.29. The molecule has 0 unspecified atom stereocenters. The Morgan fingerprint density at radius 1 is 1.35 bits per heavy atom. The van der Waals surface area contributed by atoms with Crippen LogP contribution in [0, 0.1) is 17.8 Å². The van der Waals surface area contributed by atoms with E-state index >= 15 is 0 Å². The lowest BCUT2D eigenvalue weighted by atomic mass is 10.1. The van der Waals surface area contributed by atoms with Crippen molar-refractivity contribution >= 4 is 11.9 Å². The maximum atomic E-state index is 11.9. The number of hydrogen-bond acceptors (Lipinski definition) is 3. The second-order valence-electron chi connectivity index (χ2n) is 4.79. The molecule has 1 aromatic rings. The van der Waals surface area contributed by atoms with Crippen LogP contribution in [0.15, 0.2) is 24.3 Å². The highest BCUT2D eigenvalue weighted by Crippen LogP contribution is 2.45. The van der Waals surface area contributed by atoms with Crippen LogP contribution in [0.4, 0.5) is 0 Å². The Balaban J connectivity index is 1.90. The molecule has 2 N–H and O–H groups in total. The van der Waals surface area contributed by atoms with Crippen molar-refractivity contribution in [3.63, 3.8) is 0 Å². The predicted molar refractivity (Wildman–Crippen MR) is 72.4 cm³/mol. The molecule has 1 fully saturated rings. The Morgan fingerprint density at radius 3 is 2.50 bits per heavy atom. The third kappa shape index (κ3) is 3.09. The zero-order chi connectivity index (χ0) is 14.6. The third-order valence-corrected chi connectivity index (χ3v) is 3.33. The molecule has 0 atom stereocenters. The Morgan fingerprint density at radius 2 is 2.00 bits per heavy atom. The molecule has 1 aliphatic carbocycles. The average Bonchev–Trinajstić information content (AvgIpc) is 3.24. The van der Waals surface area contributed by atoms with Gasteiger partial charge in [0.1, 0.15) is 12.4 Å². The van der Waals surface area contributed by atoms with Crippen LogP contribution in [0.5, 0.6) is 5.75 Å². The summed E-state index contributed by atoms with van der Waals surface area (Å²) in [7, 11) is 0. The van der Waals surface area contributed by atoms with Crippen molar-refractivity contribution in [2.75, 3.05) is 13.2 Å². The molecular formula is C15H15NO4. The SMILES string of the molecule is C#CCOc1ccc(C(=O)NCC2(C(=O)O)CC2)cc1. The van der Waals surface area contributed by atoms with Gasteiger partial charge in [-0.25, -0.2) is 0 Å². The summed E-state index contributed by atoms with van der Waals surface area (Å²) in [5, 5.41) is 11.7. The number of ether oxygens (including phenoxy) is 1. The minimum absolute atomic E-state index is 0.163. The van der Waals surface area contributed by atoms with Crippen LogP contribution in [-0.4, -0.2) is 30.1 Å². The van der Waals surface area contributed by atoms with Crippen LogP contribution in [-0.2, 0) is 4.79 Å². The van der Waals surface area contributed by atoms with E-state index in [-0.39, 0.29) is 19.1 Å². The Kier molecular flexibility index (Phi) is 3.94. The first-order valence-electron chi connectivity index (χ1n) is 6.25. The molecule has 5 nitrogen and oxygen atoms in total. The molecule has 0 bridgehead atoms. The van der Waals surface area contributed by atoms with Crippen molar-refractivity contribution in [1.82, 2.24) is 5.32 Å². The third-order valence-electron chi connectivity index (χ3n) is 3.33. The second kappa shape index (κ2) is 5.66. The van der Waals surface area contributed by atoms with Crippen molar-refractivity contribution in [2.24, 2.45) is 5.41 Å². The standard InChI is InChI=1S/C15H15NO4/c1-2-9-20-12-5-3-11(4-6-12)13(17)16-10-15(7-8-15)14(18)19/h1,3-6H,7-10H2,(H,16,17)(H,18,19). The van der Waals surface area contributed by atoms with E-state index in [0.717, 1.165) is 0 Å². The van der Waals surface area contributed by atoms with E-state index in [9.17, 15) is 9.59 Å². The summed E-state index contributed by atoms with van der Waals surface area (Å²) in [6.07, 6.45) is 6.30. The van der Waals surface area contributed by atoms with E-state index in [4.69, 9.17) is 16.3 Å². The van der Waals surface area contributed by atoms with Gasteiger partial charge in [-0.3, -0.25) is 9.59 Å². The lowest BCUT2D eigenvalue weighted by Gasteiger charge is -2.11. The molecule has 0 heterocycles. The van der Waals surface area contributed by atoms with Gasteiger partial charge in [0.05, 0.1) is 5.41 Å². The molecule has 104 valence electrons. The van der Waals surface area contributed by atoms with Gasteiger partial charge in [0.15, 0.2) is 0 Å². The van der Waals surface area contributed by atoms with Gasteiger partial charge in [-0.1, -0.05) is 5.92 Å². The number of carboxylic acid groups (broad SMARTS) is 1. The van der Waals surface area contributed by atoms with Crippen LogP contribution in [0.2, 0.25) is 0 Å². The average molecular weight is 273 g/mol. The molecule has 1 amide bonds. The maximum absolute atomic E-state index is 11.9. The van der Waals surface area contributed by atoms with Crippen LogP contribution in [0.25, 0.3) is 0 Å². The molecule has 5 heteroatoms. The molecule has 0 radical (unpaired) electrons. The van der Waals surface area contributed by atoms with Crippen molar-refractivity contribution < 1.29 is 19.4 Å². The van der Waals surface area contributed by atoms with Crippen molar-refractivity contribution in [3.8, 4) is 18.1 Å². The lowest BCUT2D eigenvalue weighted by molar-refractivity contribution is -0.143. The fourth-order valence-electron chi connectivity index (χ4n) is 1.80. The first-order valence-corrected chi connectivity index (χ1v) is 6.25. The van der Waals surface area contributed by atoms with E-state index in [1.54, 1.807) is 24.3 Å². The van der Waals surface area contributed by atoms with E-state index in [2.05, 4.69) is 11.2 Å². The summed E-state index contributed by atoms with van der Waals surface area (Å²) in [4.78, 5) is 22.9. The van der Waals surface area contributed by atoms with E-state index in [1.807, 2.05) is 0 Å². The number of carbonyl (C=O) groups excluding carboxylic acids is 1. The quantitative estimate of drug-likeness (QED) is 0.766.